The number of halogens is 1. The average molecular weight is 451 g/mol. The first kappa shape index (κ1) is 24.6. The molecule has 2 aromatic carbocycles. The molecule has 0 unspecified atom stereocenters. The summed E-state index contributed by atoms with van der Waals surface area (Å²) in [7, 11) is 6.97. The fourth-order valence-electron chi connectivity index (χ4n) is 3.47. The Hall–Kier alpha value is -2.64. The first-order chi connectivity index (χ1) is 14.5. The van der Waals surface area contributed by atoms with Gasteiger partial charge in [0.05, 0.1) is 26.9 Å². The van der Waals surface area contributed by atoms with Gasteiger partial charge in [-0.15, -0.1) is 12.4 Å². The molecule has 8 heteroatoms. The summed E-state index contributed by atoms with van der Waals surface area (Å²) in [6.07, 6.45) is 1.78. The third-order valence-corrected chi connectivity index (χ3v) is 5.28. The number of methoxy groups -OCH3 is 3. The van der Waals surface area contributed by atoms with E-state index in [-0.39, 0.29) is 25.0 Å². The van der Waals surface area contributed by atoms with Crippen molar-refractivity contribution in [2.24, 2.45) is 0 Å². The minimum Gasteiger partial charge on any atom is -0.497 e. The number of benzene rings is 2. The zero-order valence-corrected chi connectivity index (χ0v) is 19.4. The lowest BCUT2D eigenvalue weighted by atomic mass is 10.1. The number of ether oxygens (including phenoxy) is 4. The molecule has 0 spiro atoms. The molecule has 170 valence electrons. The van der Waals surface area contributed by atoms with Gasteiger partial charge in [0.1, 0.15) is 11.5 Å². The number of carbonyl (C=O) groups excluding carboxylic acids is 1. The zero-order chi connectivity index (χ0) is 21.5. The molecule has 0 N–H and O–H groups in total. The number of hydrogen-bond donors (Lipinski definition) is 0. The molecule has 1 heterocycles. The minimum atomic E-state index is -0.0110. The van der Waals surface area contributed by atoms with Crippen LogP contribution in [0.25, 0.3) is 0 Å². The molecule has 1 amide bonds. The summed E-state index contributed by atoms with van der Waals surface area (Å²) in [5, 5.41) is 0. The Bertz CT molecular complexity index is 877. The molecule has 0 radical (unpaired) electrons. The molecule has 0 bridgehead atoms. The maximum Gasteiger partial charge on any atom is 0.260 e. The number of amides is 1. The third kappa shape index (κ3) is 6.18. The Balaban J connectivity index is 0.00000341. The van der Waals surface area contributed by atoms with E-state index in [0.717, 1.165) is 37.4 Å². The lowest BCUT2D eigenvalue weighted by Crippen LogP contribution is -2.40. The van der Waals surface area contributed by atoms with Crippen LogP contribution in [0.4, 0.5) is 0 Å². The first-order valence-electron chi connectivity index (χ1n) is 10.0. The summed E-state index contributed by atoms with van der Waals surface area (Å²) < 4.78 is 21.6. The van der Waals surface area contributed by atoms with Crippen molar-refractivity contribution in [2.45, 2.75) is 12.8 Å². The van der Waals surface area contributed by atoms with E-state index in [2.05, 4.69) is 18.0 Å². The molecule has 7 nitrogen and oxygen atoms in total. The Kier molecular flexibility index (Phi) is 9.27. The minimum absolute atomic E-state index is 0. The molecule has 1 aliphatic heterocycles. The van der Waals surface area contributed by atoms with Crippen LogP contribution in [0.15, 0.2) is 36.4 Å². The van der Waals surface area contributed by atoms with Gasteiger partial charge in [-0.1, -0.05) is 6.07 Å². The van der Waals surface area contributed by atoms with Gasteiger partial charge in [0.2, 0.25) is 0 Å². The Labute approximate surface area is 190 Å². The molecule has 0 aromatic heterocycles. The van der Waals surface area contributed by atoms with Crippen LogP contribution in [0.1, 0.15) is 22.3 Å². The lowest BCUT2D eigenvalue weighted by molar-refractivity contribution is 0.0511. The van der Waals surface area contributed by atoms with E-state index >= 15 is 0 Å². The second-order valence-corrected chi connectivity index (χ2v) is 7.30. The molecular formula is C23H31ClN2O5. The predicted molar refractivity (Wildman–Crippen MR) is 122 cm³/mol. The van der Waals surface area contributed by atoms with Crippen molar-refractivity contribution >= 4 is 18.3 Å². The number of carbonyl (C=O) groups is 1. The normalized spacial score (nSPS) is 12.7. The molecule has 31 heavy (non-hydrogen) atoms. The van der Waals surface area contributed by atoms with E-state index in [9.17, 15) is 4.79 Å². The van der Waals surface area contributed by atoms with Crippen molar-refractivity contribution < 1.29 is 23.7 Å². The number of fused-ring (bicyclic) bond motifs is 1. The quantitative estimate of drug-likeness (QED) is 0.552. The van der Waals surface area contributed by atoms with Crippen molar-refractivity contribution in [2.75, 3.05) is 54.7 Å². The van der Waals surface area contributed by atoms with Crippen LogP contribution in [0.5, 0.6) is 23.0 Å². The van der Waals surface area contributed by atoms with E-state index in [1.165, 1.54) is 5.56 Å². The number of hydrogen-bond acceptors (Lipinski definition) is 6. The maximum atomic E-state index is 12.7. The number of likely N-dealkylation sites (N-methyl/N-ethyl adjacent to an activating group) is 1. The smallest absolute Gasteiger partial charge is 0.260 e. The lowest BCUT2D eigenvalue weighted by Gasteiger charge is -2.29. The summed E-state index contributed by atoms with van der Waals surface area (Å²) in [6.45, 7) is 2.74. The van der Waals surface area contributed by atoms with Crippen LogP contribution in [0.2, 0.25) is 0 Å². The summed E-state index contributed by atoms with van der Waals surface area (Å²) in [5.74, 6) is 2.75. The molecule has 2 aromatic rings. The molecule has 0 aliphatic carbocycles. The van der Waals surface area contributed by atoms with Gasteiger partial charge in [0.15, 0.2) is 18.2 Å². The topological polar surface area (TPSA) is 60.5 Å². The third-order valence-electron chi connectivity index (χ3n) is 5.28. The van der Waals surface area contributed by atoms with Crippen molar-refractivity contribution in [1.82, 2.24) is 9.80 Å². The van der Waals surface area contributed by atoms with E-state index in [0.29, 0.717) is 23.6 Å². The Morgan fingerprint density at radius 1 is 1.00 bits per heavy atom. The van der Waals surface area contributed by atoms with Crippen LogP contribution >= 0.6 is 12.4 Å². The zero-order valence-electron chi connectivity index (χ0n) is 18.6. The van der Waals surface area contributed by atoms with Gasteiger partial charge in [-0.2, -0.15) is 0 Å². The highest BCUT2D eigenvalue weighted by atomic mass is 35.5. The van der Waals surface area contributed by atoms with Crippen LogP contribution in [-0.4, -0.2) is 70.4 Å². The van der Waals surface area contributed by atoms with E-state index in [1.54, 1.807) is 44.4 Å². The predicted octanol–water partition coefficient (Wildman–Crippen LogP) is 3.49. The second-order valence-electron chi connectivity index (χ2n) is 7.30. The number of rotatable bonds is 10. The molecule has 0 fully saturated rings. The SMILES string of the molecule is COc1ccc2c(c1)C(=O)N(CCCN(C)CCc1ccc(OC)c(OC)c1)CO2.Cl. The maximum absolute atomic E-state index is 12.7. The van der Waals surface area contributed by atoms with Crippen molar-refractivity contribution in [1.29, 1.82) is 0 Å². The standard InChI is InChI=1S/C23H30N2O5.ClH/c1-24(13-10-17-6-8-21(28-3)22(14-17)29-4)11-5-12-25-16-30-20-9-7-18(27-2)15-19(20)23(25)26;/h6-9,14-15H,5,10-13,16H2,1-4H3;1H. The van der Waals surface area contributed by atoms with Crippen LogP contribution in [0, 0.1) is 0 Å². The second kappa shape index (κ2) is 11.7. The van der Waals surface area contributed by atoms with E-state index in [1.807, 2.05) is 12.1 Å². The van der Waals surface area contributed by atoms with Crippen LogP contribution in [0.3, 0.4) is 0 Å². The van der Waals surface area contributed by atoms with Crippen LogP contribution in [-0.2, 0) is 6.42 Å². The van der Waals surface area contributed by atoms with E-state index < -0.39 is 0 Å². The first-order valence-corrected chi connectivity index (χ1v) is 10.0. The van der Waals surface area contributed by atoms with Gasteiger partial charge in [0.25, 0.3) is 5.91 Å². The monoisotopic (exact) mass is 450 g/mol. The fourth-order valence-corrected chi connectivity index (χ4v) is 3.47. The molecule has 0 atom stereocenters. The molecule has 3 rings (SSSR count). The fraction of sp³-hybridized carbons (Fsp3) is 0.435. The van der Waals surface area contributed by atoms with Gasteiger partial charge in [-0.05, 0) is 62.3 Å². The Morgan fingerprint density at radius 3 is 2.48 bits per heavy atom. The number of nitrogens with zero attached hydrogens (tertiary/aromatic N) is 2. The summed E-state index contributed by atoms with van der Waals surface area (Å²) >= 11 is 0. The highest BCUT2D eigenvalue weighted by Crippen LogP contribution is 2.29. The summed E-state index contributed by atoms with van der Waals surface area (Å²) in [5.41, 5.74) is 1.76. The van der Waals surface area contributed by atoms with Gasteiger partial charge in [-0.25, -0.2) is 0 Å². The summed E-state index contributed by atoms with van der Waals surface area (Å²) in [4.78, 5) is 16.7. The van der Waals surface area contributed by atoms with Gasteiger partial charge < -0.3 is 28.7 Å². The van der Waals surface area contributed by atoms with Crippen molar-refractivity contribution in [3.05, 3.63) is 47.5 Å². The van der Waals surface area contributed by atoms with Crippen molar-refractivity contribution in [3.8, 4) is 23.0 Å². The Morgan fingerprint density at radius 2 is 1.77 bits per heavy atom. The highest BCUT2D eigenvalue weighted by Gasteiger charge is 2.25. The molecule has 0 saturated carbocycles. The molecule has 0 saturated heterocycles. The van der Waals surface area contributed by atoms with Gasteiger partial charge in [-0.3, -0.25) is 4.79 Å². The average Bonchev–Trinajstić information content (AvgIpc) is 2.78. The van der Waals surface area contributed by atoms with Gasteiger partial charge in [0, 0.05) is 13.1 Å². The molecule has 1 aliphatic rings. The summed E-state index contributed by atoms with van der Waals surface area (Å²) in [6, 6.07) is 11.3. The largest absolute Gasteiger partial charge is 0.497 e. The highest BCUT2D eigenvalue weighted by molar-refractivity contribution is 5.98. The van der Waals surface area contributed by atoms with Crippen LogP contribution < -0.4 is 18.9 Å². The van der Waals surface area contributed by atoms with E-state index in [4.69, 9.17) is 18.9 Å². The van der Waals surface area contributed by atoms with Gasteiger partial charge >= 0.3 is 0 Å². The van der Waals surface area contributed by atoms with Crippen molar-refractivity contribution in [3.63, 3.8) is 0 Å². The molecular weight excluding hydrogens is 420 g/mol.